The highest BCUT2D eigenvalue weighted by Gasteiger charge is 2.17. The number of carbonyl (C=O) groups is 1. The Kier molecular flexibility index (Phi) is 6.06. The standard InChI is InChI=1S/C22H22BrNO5/c1-26-20-9-14(4-6-19(20)28-13-17-3-2-8-27-17)12-24-22(25)21-11-15-10-16(23)5-7-18(15)29-21/h4-7,9-11,17H,2-3,8,12-13H2,1H3,(H,24,25). The van der Waals surface area contributed by atoms with Gasteiger partial charge in [-0.15, -0.1) is 0 Å². The summed E-state index contributed by atoms with van der Waals surface area (Å²) in [4.78, 5) is 12.5. The Bertz CT molecular complexity index is 1010. The van der Waals surface area contributed by atoms with E-state index in [0.29, 0.717) is 30.2 Å². The Morgan fingerprint density at radius 1 is 1.21 bits per heavy atom. The molecule has 1 aliphatic rings. The van der Waals surface area contributed by atoms with Crippen LogP contribution in [0.4, 0.5) is 0 Å². The Labute approximate surface area is 177 Å². The van der Waals surface area contributed by atoms with Crippen molar-refractivity contribution in [2.45, 2.75) is 25.5 Å². The van der Waals surface area contributed by atoms with Gasteiger partial charge >= 0.3 is 0 Å². The van der Waals surface area contributed by atoms with Gasteiger partial charge in [0.05, 0.1) is 13.2 Å². The fourth-order valence-corrected chi connectivity index (χ4v) is 3.67. The molecule has 2 heterocycles. The second-order valence-electron chi connectivity index (χ2n) is 6.91. The van der Waals surface area contributed by atoms with Crippen LogP contribution in [0.2, 0.25) is 0 Å². The van der Waals surface area contributed by atoms with Crippen molar-refractivity contribution in [3.05, 3.63) is 58.3 Å². The molecule has 0 saturated carbocycles. The van der Waals surface area contributed by atoms with Crippen LogP contribution in [0.1, 0.15) is 29.0 Å². The van der Waals surface area contributed by atoms with Crippen LogP contribution in [0.15, 0.2) is 51.4 Å². The molecule has 1 aromatic heterocycles. The van der Waals surface area contributed by atoms with Gasteiger partial charge in [-0.2, -0.15) is 0 Å². The fourth-order valence-electron chi connectivity index (χ4n) is 3.30. The SMILES string of the molecule is COc1cc(CNC(=O)c2cc3cc(Br)ccc3o2)ccc1OCC1CCCO1. The lowest BCUT2D eigenvalue weighted by molar-refractivity contribution is 0.0669. The predicted molar refractivity (Wildman–Crippen MR) is 113 cm³/mol. The molecule has 0 bridgehead atoms. The van der Waals surface area contributed by atoms with E-state index in [4.69, 9.17) is 18.6 Å². The molecule has 1 amide bonds. The van der Waals surface area contributed by atoms with E-state index < -0.39 is 0 Å². The van der Waals surface area contributed by atoms with Crippen LogP contribution in [0.25, 0.3) is 11.0 Å². The van der Waals surface area contributed by atoms with Crippen LogP contribution in [0.5, 0.6) is 11.5 Å². The number of furan rings is 1. The van der Waals surface area contributed by atoms with Crippen LogP contribution in [0.3, 0.4) is 0 Å². The molecule has 7 heteroatoms. The number of amides is 1. The van der Waals surface area contributed by atoms with Crippen molar-refractivity contribution in [1.29, 1.82) is 0 Å². The summed E-state index contributed by atoms with van der Waals surface area (Å²) in [6, 6.07) is 13.0. The molecule has 3 aromatic rings. The van der Waals surface area contributed by atoms with Crippen LogP contribution in [0, 0.1) is 0 Å². The molecule has 0 spiro atoms. The van der Waals surface area contributed by atoms with Gasteiger partial charge in [0.2, 0.25) is 0 Å². The number of halogens is 1. The van der Waals surface area contributed by atoms with Crippen molar-refractivity contribution in [1.82, 2.24) is 5.32 Å². The number of benzene rings is 2. The van der Waals surface area contributed by atoms with E-state index in [1.165, 1.54) is 0 Å². The first-order valence-electron chi connectivity index (χ1n) is 9.51. The molecule has 1 fully saturated rings. The molecule has 1 aliphatic heterocycles. The van der Waals surface area contributed by atoms with E-state index >= 15 is 0 Å². The maximum atomic E-state index is 12.5. The van der Waals surface area contributed by atoms with E-state index in [0.717, 1.165) is 34.9 Å². The van der Waals surface area contributed by atoms with Crippen molar-refractivity contribution in [3.8, 4) is 11.5 Å². The first-order valence-corrected chi connectivity index (χ1v) is 10.3. The smallest absolute Gasteiger partial charge is 0.287 e. The molecular weight excluding hydrogens is 438 g/mol. The van der Waals surface area contributed by atoms with Crippen molar-refractivity contribution in [2.75, 3.05) is 20.3 Å². The number of carbonyl (C=O) groups excluding carboxylic acids is 1. The highest BCUT2D eigenvalue weighted by molar-refractivity contribution is 9.10. The molecule has 1 unspecified atom stereocenters. The summed E-state index contributed by atoms with van der Waals surface area (Å²) in [7, 11) is 1.60. The lowest BCUT2D eigenvalue weighted by Crippen LogP contribution is -2.22. The zero-order chi connectivity index (χ0) is 20.2. The zero-order valence-electron chi connectivity index (χ0n) is 16.1. The average Bonchev–Trinajstić information content (AvgIpc) is 3.40. The van der Waals surface area contributed by atoms with E-state index in [9.17, 15) is 4.79 Å². The largest absolute Gasteiger partial charge is 0.493 e. The number of rotatable bonds is 7. The maximum Gasteiger partial charge on any atom is 0.287 e. The van der Waals surface area contributed by atoms with Crippen LogP contribution < -0.4 is 14.8 Å². The predicted octanol–water partition coefficient (Wildman–Crippen LogP) is 4.69. The summed E-state index contributed by atoms with van der Waals surface area (Å²) in [6.45, 7) is 1.66. The van der Waals surface area contributed by atoms with Crippen molar-refractivity contribution >= 4 is 32.8 Å². The van der Waals surface area contributed by atoms with Gasteiger partial charge in [-0.3, -0.25) is 4.79 Å². The van der Waals surface area contributed by atoms with Gasteiger partial charge < -0.3 is 23.9 Å². The Hall–Kier alpha value is -2.51. The minimum absolute atomic E-state index is 0.142. The zero-order valence-corrected chi connectivity index (χ0v) is 17.7. The first-order chi connectivity index (χ1) is 14.1. The minimum Gasteiger partial charge on any atom is -0.493 e. The topological polar surface area (TPSA) is 69.9 Å². The van der Waals surface area contributed by atoms with Gasteiger partial charge in [0.1, 0.15) is 12.2 Å². The third-order valence-corrected chi connectivity index (χ3v) is 5.33. The van der Waals surface area contributed by atoms with Gasteiger partial charge in [0.25, 0.3) is 5.91 Å². The van der Waals surface area contributed by atoms with E-state index in [-0.39, 0.29) is 17.8 Å². The molecule has 6 nitrogen and oxygen atoms in total. The van der Waals surface area contributed by atoms with Gasteiger partial charge in [-0.1, -0.05) is 22.0 Å². The molecule has 0 radical (unpaired) electrons. The van der Waals surface area contributed by atoms with Crippen LogP contribution in [-0.4, -0.2) is 32.3 Å². The summed E-state index contributed by atoms with van der Waals surface area (Å²) in [5.41, 5.74) is 1.58. The number of nitrogens with one attached hydrogen (secondary N) is 1. The lowest BCUT2D eigenvalue weighted by atomic mass is 10.2. The number of hydrogen-bond donors (Lipinski definition) is 1. The molecule has 0 aliphatic carbocycles. The Morgan fingerprint density at radius 3 is 2.90 bits per heavy atom. The number of hydrogen-bond acceptors (Lipinski definition) is 5. The van der Waals surface area contributed by atoms with Gasteiger partial charge in [0.15, 0.2) is 17.3 Å². The van der Waals surface area contributed by atoms with E-state index in [1.54, 1.807) is 13.2 Å². The third kappa shape index (κ3) is 4.74. The average molecular weight is 460 g/mol. The molecule has 4 rings (SSSR count). The summed E-state index contributed by atoms with van der Waals surface area (Å²) in [6.07, 6.45) is 2.24. The maximum absolute atomic E-state index is 12.5. The van der Waals surface area contributed by atoms with Crippen molar-refractivity contribution < 1.29 is 23.4 Å². The molecule has 2 aromatic carbocycles. The van der Waals surface area contributed by atoms with Crippen LogP contribution >= 0.6 is 15.9 Å². The first kappa shape index (κ1) is 19.8. The number of fused-ring (bicyclic) bond motifs is 1. The second-order valence-corrected chi connectivity index (χ2v) is 7.82. The molecular formula is C22H22BrNO5. The van der Waals surface area contributed by atoms with Crippen LogP contribution in [-0.2, 0) is 11.3 Å². The third-order valence-electron chi connectivity index (χ3n) is 4.83. The monoisotopic (exact) mass is 459 g/mol. The van der Waals surface area contributed by atoms with Crippen molar-refractivity contribution in [3.63, 3.8) is 0 Å². The number of ether oxygens (including phenoxy) is 3. The summed E-state index contributed by atoms with van der Waals surface area (Å²) >= 11 is 3.42. The summed E-state index contributed by atoms with van der Waals surface area (Å²) in [5, 5.41) is 3.75. The van der Waals surface area contributed by atoms with Gasteiger partial charge in [-0.05, 0) is 54.8 Å². The normalized spacial score (nSPS) is 16.1. The van der Waals surface area contributed by atoms with Crippen molar-refractivity contribution in [2.24, 2.45) is 0 Å². The second kappa shape index (κ2) is 8.88. The van der Waals surface area contributed by atoms with E-state index in [2.05, 4.69) is 21.2 Å². The summed E-state index contributed by atoms with van der Waals surface area (Å²) in [5.74, 6) is 1.31. The Balaban J connectivity index is 1.38. The highest BCUT2D eigenvalue weighted by Crippen LogP contribution is 2.29. The quantitative estimate of drug-likeness (QED) is 0.554. The van der Waals surface area contributed by atoms with Gasteiger partial charge in [-0.25, -0.2) is 0 Å². The lowest BCUT2D eigenvalue weighted by Gasteiger charge is -2.15. The molecule has 29 heavy (non-hydrogen) atoms. The molecule has 1 atom stereocenters. The highest BCUT2D eigenvalue weighted by atomic mass is 79.9. The van der Waals surface area contributed by atoms with Gasteiger partial charge in [0, 0.05) is 23.0 Å². The molecule has 1 N–H and O–H groups in total. The molecule has 1 saturated heterocycles. The summed E-state index contributed by atoms with van der Waals surface area (Å²) < 4.78 is 23.4. The Morgan fingerprint density at radius 2 is 2.10 bits per heavy atom. The fraction of sp³-hybridized carbons (Fsp3) is 0.318. The van der Waals surface area contributed by atoms with E-state index in [1.807, 2.05) is 36.4 Å². The number of methoxy groups -OCH3 is 1. The molecule has 152 valence electrons. The minimum atomic E-state index is -0.269.